The van der Waals surface area contributed by atoms with Crippen LogP contribution in [0.15, 0.2) is 41.7 Å². The molecule has 0 spiro atoms. The van der Waals surface area contributed by atoms with Crippen molar-refractivity contribution < 1.29 is 5.11 Å². The van der Waals surface area contributed by atoms with Gasteiger partial charge in [0.25, 0.3) is 5.56 Å². The number of aliphatic hydroxyl groups is 1. The number of hydrogen-bond donors (Lipinski definition) is 2. The molecule has 1 aliphatic rings. The Balaban J connectivity index is 1.36. The van der Waals surface area contributed by atoms with Gasteiger partial charge in [-0.15, -0.1) is 0 Å². The third-order valence-corrected chi connectivity index (χ3v) is 5.63. The average Bonchev–Trinajstić information content (AvgIpc) is 3.16. The minimum Gasteiger partial charge on any atom is -0.395 e. The lowest BCUT2D eigenvalue weighted by Gasteiger charge is -2.36. The first-order valence-electron chi connectivity index (χ1n) is 10.0. The van der Waals surface area contributed by atoms with Crippen LogP contribution in [0.5, 0.6) is 0 Å². The maximum absolute atomic E-state index is 12.5. The summed E-state index contributed by atoms with van der Waals surface area (Å²) in [7, 11) is 0. The molecule has 154 valence electrons. The molecule has 3 aromatic heterocycles. The lowest BCUT2D eigenvalue weighted by molar-refractivity contribution is 0.274. The Morgan fingerprint density at radius 2 is 1.83 bits per heavy atom. The van der Waals surface area contributed by atoms with Crippen LogP contribution in [0.3, 0.4) is 0 Å². The van der Waals surface area contributed by atoms with Crippen molar-refractivity contribution in [1.29, 1.82) is 0 Å². The molecule has 9 nitrogen and oxygen atoms in total. The molecule has 1 saturated heterocycles. The number of H-pyrrole nitrogens is 1. The molecular formula is C21H23N7O2. The summed E-state index contributed by atoms with van der Waals surface area (Å²) >= 11 is 0. The second-order valence-corrected chi connectivity index (χ2v) is 7.55. The Morgan fingerprint density at radius 1 is 1.03 bits per heavy atom. The number of aryl methyl sites for hydroxylation is 1. The maximum Gasteiger partial charge on any atom is 0.261 e. The minimum absolute atomic E-state index is 0.0872. The Hall–Kier alpha value is -3.46. The number of rotatable bonds is 4. The summed E-state index contributed by atoms with van der Waals surface area (Å²) in [6.45, 7) is 5.56. The normalized spacial score (nSPS) is 14.7. The van der Waals surface area contributed by atoms with Crippen LogP contribution < -0.4 is 15.4 Å². The van der Waals surface area contributed by atoms with E-state index in [-0.39, 0.29) is 18.7 Å². The molecule has 1 aliphatic heterocycles. The Morgan fingerprint density at radius 3 is 2.63 bits per heavy atom. The molecule has 0 atom stereocenters. The van der Waals surface area contributed by atoms with Crippen LogP contribution in [0.25, 0.3) is 21.9 Å². The van der Waals surface area contributed by atoms with Crippen LogP contribution >= 0.6 is 0 Å². The highest BCUT2D eigenvalue weighted by Crippen LogP contribution is 2.26. The van der Waals surface area contributed by atoms with Gasteiger partial charge in [0.05, 0.1) is 35.9 Å². The predicted molar refractivity (Wildman–Crippen MR) is 116 cm³/mol. The number of piperazine rings is 1. The molecule has 0 bridgehead atoms. The van der Waals surface area contributed by atoms with Gasteiger partial charge < -0.3 is 19.9 Å². The minimum atomic E-state index is -0.126. The van der Waals surface area contributed by atoms with E-state index in [9.17, 15) is 4.79 Å². The molecular weight excluding hydrogens is 382 g/mol. The second kappa shape index (κ2) is 7.42. The average molecular weight is 405 g/mol. The third-order valence-electron chi connectivity index (χ3n) is 5.63. The number of nitrogens with zero attached hydrogens (tertiary/aromatic N) is 6. The highest BCUT2D eigenvalue weighted by Gasteiger charge is 2.21. The smallest absolute Gasteiger partial charge is 0.261 e. The van der Waals surface area contributed by atoms with Gasteiger partial charge in [0.15, 0.2) is 5.82 Å². The Labute approximate surface area is 172 Å². The SMILES string of the molecule is Cc1cc2ncnc(N3CCN(c4ccc5c(=O)n(CCO)cnc5c4)CC3)c2[nH]1. The van der Waals surface area contributed by atoms with Gasteiger partial charge in [-0.2, -0.15) is 0 Å². The summed E-state index contributed by atoms with van der Waals surface area (Å²) in [6.07, 6.45) is 3.12. The van der Waals surface area contributed by atoms with E-state index in [1.165, 1.54) is 10.9 Å². The van der Waals surface area contributed by atoms with Crippen LogP contribution in [-0.2, 0) is 6.54 Å². The van der Waals surface area contributed by atoms with E-state index in [0.29, 0.717) is 10.9 Å². The summed E-state index contributed by atoms with van der Waals surface area (Å²) in [6, 6.07) is 7.80. The van der Waals surface area contributed by atoms with Crippen molar-refractivity contribution in [2.75, 3.05) is 42.6 Å². The quantitative estimate of drug-likeness (QED) is 0.527. The van der Waals surface area contributed by atoms with Gasteiger partial charge in [-0.25, -0.2) is 15.0 Å². The van der Waals surface area contributed by atoms with E-state index >= 15 is 0 Å². The molecule has 2 N–H and O–H groups in total. The number of nitrogens with one attached hydrogen (secondary N) is 1. The number of aliphatic hydroxyl groups excluding tert-OH is 1. The first-order valence-corrected chi connectivity index (χ1v) is 10.0. The molecule has 0 unspecified atom stereocenters. The summed E-state index contributed by atoms with van der Waals surface area (Å²) in [5.74, 6) is 0.942. The van der Waals surface area contributed by atoms with E-state index in [1.54, 1.807) is 6.33 Å². The number of aromatic nitrogens is 5. The first-order chi connectivity index (χ1) is 14.6. The van der Waals surface area contributed by atoms with Gasteiger partial charge in [-0.05, 0) is 31.2 Å². The van der Waals surface area contributed by atoms with Crippen molar-refractivity contribution in [1.82, 2.24) is 24.5 Å². The van der Waals surface area contributed by atoms with Crippen LogP contribution in [0, 0.1) is 6.92 Å². The van der Waals surface area contributed by atoms with E-state index in [2.05, 4.69) is 29.7 Å². The lowest BCUT2D eigenvalue weighted by atomic mass is 10.2. The number of benzene rings is 1. The molecule has 1 aromatic carbocycles. The van der Waals surface area contributed by atoms with Crippen molar-refractivity contribution in [2.45, 2.75) is 13.5 Å². The molecule has 1 fully saturated rings. The Bertz CT molecular complexity index is 1270. The van der Waals surface area contributed by atoms with Crippen molar-refractivity contribution in [2.24, 2.45) is 0 Å². The van der Waals surface area contributed by atoms with Crippen LogP contribution in [0.4, 0.5) is 11.5 Å². The standard InChI is InChI=1S/C21H23N7O2/c1-14-10-18-19(25-14)20(23-12-22-18)27-6-4-26(5-7-27)15-2-3-16-17(11-15)24-13-28(8-9-29)21(16)30/h2-3,10-13,25,29H,4-9H2,1H3. The number of aromatic amines is 1. The molecule has 0 aliphatic carbocycles. The van der Waals surface area contributed by atoms with Gasteiger partial charge in [0, 0.05) is 37.6 Å². The van der Waals surface area contributed by atoms with E-state index in [1.807, 2.05) is 31.2 Å². The lowest BCUT2D eigenvalue weighted by Crippen LogP contribution is -2.47. The van der Waals surface area contributed by atoms with E-state index < -0.39 is 0 Å². The van der Waals surface area contributed by atoms with Crippen LogP contribution in [-0.4, -0.2) is 62.4 Å². The highest BCUT2D eigenvalue weighted by molar-refractivity contribution is 5.87. The van der Waals surface area contributed by atoms with Crippen LogP contribution in [0.1, 0.15) is 5.69 Å². The fourth-order valence-corrected chi connectivity index (χ4v) is 4.08. The van der Waals surface area contributed by atoms with Crippen LogP contribution in [0.2, 0.25) is 0 Å². The number of fused-ring (bicyclic) bond motifs is 2. The summed E-state index contributed by atoms with van der Waals surface area (Å²) in [5.41, 5.74) is 4.60. The molecule has 0 radical (unpaired) electrons. The van der Waals surface area contributed by atoms with Gasteiger partial charge in [-0.1, -0.05) is 0 Å². The van der Waals surface area contributed by atoms with Gasteiger partial charge >= 0.3 is 0 Å². The van der Waals surface area contributed by atoms with Crippen molar-refractivity contribution in [3.05, 3.63) is 53.0 Å². The zero-order valence-electron chi connectivity index (χ0n) is 16.7. The van der Waals surface area contributed by atoms with Gasteiger partial charge in [-0.3, -0.25) is 9.36 Å². The zero-order valence-corrected chi connectivity index (χ0v) is 16.7. The molecule has 4 heterocycles. The Kier molecular flexibility index (Phi) is 4.59. The monoisotopic (exact) mass is 405 g/mol. The summed E-state index contributed by atoms with van der Waals surface area (Å²) in [5, 5.41) is 9.65. The zero-order chi connectivity index (χ0) is 20.7. The van der Waals surface area contributed by atoms with Gasteiger partial charge in [0.1, 0.15) is 11.8 Å². The van der Waals surface area contributed by atoms with E-state index in [0.717, 1.165) is 54.4 Å². The first kappa shape index (κ1) is 18.6. The summed E-state index contributed by atoms with van der Waals surface area (Å²) in [4.78, 5) is 33.7. The fourth-order valence-electron chi connectivity index (χ4n) is 4.08. The maximum atomic E-state index is 12.5. The summed E-state index contributed by atoms with van der Waals surface area (Å²) < 4.78 is 1.44. The van der Waals surface area contributed by atoms with Crippen molar-refractivity contribution >= 4 is 33.4 Å². The topological polar surface area (TPSA) is 103 Å². The van der Waals surface area contributed by atoms with Crippen molar-refractivity contribution in [3.63, 3.8) is 0 Å². The second-order valence-electron chi connectivity index (χ2n) is 7.55. The largest absolute Gasteiger partial charge is 0.395 e. The highest BCUT2D eigenvalue weighted by atomic mass is 16.3. The number of hydrogen-bond acceptors (Lipinski definition) is 7. The molecule has 0 saturated carbocycles. The predicted octanol–water partition coefficient (Wildman–Crippen LogP) is 1.30. The molecule has 0 amide bonds. The van der Waals surface area contributed by atoms with Gasteiger partial charge in [0.2, 0.25) is 0 Å². The molecule has 4 aromatic rings. The van der Waals surface area contributed by atoms with E-state index in [4.69, 9.17) is 5.11 Å². The van der Waals surface area contributed by atoms with Crippen molar-refractivity contribution in [3.8, 4) is 0 Å². The molecule has 30 heavy (non-hydrogen) atoms. The third kappa shape index (κ3) is 3.17. The molecule has 9 heteroatoms. The fraction of sp³-hybridized carbons (Fsp3) is 0.333. The molecule has 5 rings (SSSR count). The number of anilines is 2.